The van der Waals surface area contributed by atoms with Crippen molar-refractivity contribution < 1.29 is 9.22 Å². The molecule has 1 aromatic rings. The van der Waals surface area contributed by atoms with Crippen LogP contribution >= 0.6 is 0 Å². The van der Waals surface area contributed by atoms with Crippen LogP contribution in [0.15, 0.2) is 36.4 Å². The minimum atomic E-state index is -0.330. The summed E-state index contributed by atoms with van der Waals surface area (Å²) < 4.78 is 5.10. The molecule has 0 aromatic heterocycles. The van der Waals surface area contributed by atoms with Gasteiger partial charge in [-0.2, -0.15) is 0 Å². The molecule has 90 valence electrons. The monoisotopic (exact) mass is 246 g/mol. The molecule has 0 saturated heterocycles. The van der Waals surface area contributed by atoms with Gasteiger partial charge in [0.1, 0.15) is 0 Å². The topological polar surface area (TPSA) is 26.3 Å². The van der Waals surface area contributed by atoms with Crippen LogP contribution in [0.1, 0.15) is 33.3 Å². The molecule has 1 rings (SSSR count). The first-order chi connectivity index (χ1) is 7.80. The summed E-state index contributed by atoms with van der Waals surface area (Å²) >= 11 is 0. The van der Waals surface area contributed by atoms with E-state index in [1.807, 2.05) is 12.1 Å². The molecule has 0 bridgehead atoms. The molecule has 0 N–H and O–H groups in total. The molecular weight excluding hydrogens is 228 g/mol. The number of hydrogen-bond acceptors (Lipinski definition) is 2. The zero-order chi connectivity index (χ0) is 13.1. The Labute approximate surface area is 106 Å². The van der Waals surface area contributed by atoms with Gasteiger partial charge in [-0.1, -0.05) is 51.6 Å². The summed E-state index contributed by atoms with van der Waals surface area (Å²) in [7, 11) is 0.0470. The van der Waals surface area contributed by atoms with E-state index in [4.69, 9.17) is 4.43 Å². The van der Waals surface area contributed by atoms with Gasteiger partial charge in [0.25, 0.3) is 0 Å². The van der Waals surface area contributed by atoms with Crippen LogP contribution in [0.5, 0.6) is 0 Å². The van der Waals surface area contributed by atoms with E-state index in [9.17, 15) is 4.79 Å². The second-order valence-corrected chi connectivity index (χ2v) is 6.08. The van der Waals surface area contributed by atoms with Crippen molar-refractivity contribution in [2.75, 3.05) is 0 Å². The first-order valence-corrected chi connectivity index (χ1v) is 6.45. The first-order valence-electron chi connectivity index (χ1n) is 5.54. The fraction of sp³-hybridized carbons (Fsp3) is 0.357. The van der Waals surface area contributed by atoms with Crippen molar-refractivity contribution >= 4 is 20.9 Å². The van der Waals surface area contributed by atoms with Gasteiger partial charge in [0.2, 0.25) is 0 Å². The van der Waals surface area contributed by atoms with Crippen LogP contribution in [0.4, 0.5) is 0 Å². The maximum atomic E-state index is 11.2. The molecular formula is C14H18O2Si. The normalized spacial score (nSPS) is 11.1. The Morgan fingerprint density at radius 3 is 2.18 bits per heavy atom. The van der Waals surface area contributed by atoms with Gasteiger partial charge < -0.3 is 4.43 Å². The van der Waals surface area contributed by atoms with Gasteiger partial charge in [-0.15, -0.1) is 0 Å². The van der Waals surface area contributed by atoms with Gasteiger partial charge in [-0.3, -0.25) is 0 Å². The lowest BCUT2D eigenvalue weighted by Gasteiger charge is -2.18. The van der Waals surface area contributed by atoms with Crippen molar-refractivity contribution in [1.82, 2.24) is 0 Å². The van der Waals surface area contributed by atoms with Crippen LogP contribution in [0.3, 0.4) is 0 Å². The number of hydrogen-bond donors (Lipinski definition) is 0. The molecule has 0 fully saturated rings. The Morgan fingerprint density at radius 1 is 1.24 bits per heavy atom. The first kappa shape index (κ1) is 13.7. The van der Waals surface area contributed by atoms with Crippen LogP contribution in [-0.4, -0.2) is 15.7 Å². The van der Waals surface area contributed by atoms with E-state index in [1.165, 1.54) is 5.56 Å². The summed E-state index contributed by atoms with van der Waals surface area (Å²) in [5.41, 5.74) is 1.86. The molecule has 0 unspecified atom stereocenters. The standard InChI is InChI=1S/C14H18O2Si/c1-10(2)13(15)16-17-12-8-6-11(7-9-12)14(3,4)5/h6-9H,1H2,2-5H3. The summed E-state index contributed by atoms with van der Waals surface area (Å²) in [4.78, 5) is 11.2. The second-order valence-electron chi connectivity index (χ2n) is 5.10. The maximum absolute atomic E-state index is 11.2. The molecule has 1 aromatic carbocycles. The Kier molecular flexibility index (Phi) is 4.29. The number of rotatable bonds is 3. The van der Waals surface area contributed by atoms with Gasteiger partial charge >= 0.3 is 15.7 Å². The van der Waals surface area contributed by atoms with Crippen molar-refractivity contribution in [2.45, 2.75) is 33.1 Å². The number of benzene rings is 1. The number of carbonyl (C=O) groups is 1. The summed E-state index contributed by atoms with van der Waals surface area (Å²) in [6.07, 6.45) is 0. The predicted octanol–water partition coefficient (Wildman–Crippen LogP) is 2.35. The molecule has 0 amide bonds. The molecule has 0 saturated carbocycles. The third-order valence-corrected chi connectivity index (χ3v) is 3.22. The minimum Gasteiger partial charge on any atom is -0.508 e. The SMILES string of the molecule is C=C(C)C(=O)O[Si]c1ccc(C(C)(C)C)cc1. The molecule has 3 heteroatoms. The molecule has 17 heavy (non-hydrogen) atoms. The van der Waals surface area contributed by atoms with E-state index in [0.717, 1.165) is 5.19 Å². The highest BCUT2D eigenvalue weighted by Gasteiger charge is 2.13. The summed E-state index contributed by atoms with van der Waals surface area (Å²) in [6, 6.07) is 8.17. The second kappa shape index (κ2) is 5.32. The maximum Gasteiger partial charge on any atom is 0.355 e. The van der Waals surface area contributed by atoms with Gasteiger partial charge in [-0.25, -0.2) is 4.79 Å². The van der Waals surface area contributed by atoms with Crippen molar-refractivity contribution in [1.29, 1.82) is 0 Å². The smallest absolute Gasteiger partial charge is 0.355 e. The van der Waals surface area contributed by atoms with E-state index < -0.39 is 0 Å². The highest BCUT2D eigenvalue weighted by Crippen LogP contribution is 2.20. The van der Waals surface area contributed by atoms with Gasteiger partial charge in [0.05, 0.1) is 0 Å². The lowest BCUT2D eigenvalue weighted by Crippen LogP contribution is -2.22. The molecule has 0 heterocycles. The molecule has 0 aliphatic rings. The van der Waals surface area contributed by atoms with Crippen LogP contribution in [0, 0.1) is 0 Å². The average molecular weight is 246 g/mol. The van der Waals surface area contributed by atoms with Gasteiger partial charge in [0.15, 0.2) is 0 Å². The molecule has 2 nitrogen and oxygen atoms in total. The Hall–Kier alpha value is -1.35. The molecule has 0 aliphatic heterocycles. The van der Waals surface area contributed by atoms with E-state index in [0.29, 0.717) is 5.57 Å². The van der Waals surface area contributed by atoms with Crippen molar-refractivity contribution in [3.05, 3.63) is 42.0 Å². The summed E-state index contributed by atoms with van der Waals surface area (Å²) in [5, 5.41) is 1.02. The number of carbonyl (C=O) groups excluding carboxylic acids is 1. The van der Waals surface area contributed by atoms with Crippen molar-refractivity contribution in [2.24, 2.45) is 0 Å². The van der Waals surface area contributed by atoms with Crippen LogP contribution < -0.4 is 5.19 Å². The van der Waals surface area contributed by atoms with E-state index in [2.05, 4.69) is 39.5 Å². The van der Waals surface area contributed by atoms with Crippen LogP contribution in [-0.2, 0) is 14.6 Å². The average Bonchev–Trinajstić information content (AvgIpc) is 2.25. The minimum absolute atomic E-state index is 0.0470. The Bertz CT molecular complexity index is 413. The quantitative estimate of drug-likeness (QED) is 0.604. The third kappa shape index (κ3) is 4.19. The van der Waals surface area contributed by atoms with Crippen molar-refractivity contribution in [3.8, 4) is 0 Å². The molecule has 0 aliphatic carbocycles. The Morgan fingerprint density at radius 2 is 1.76 bits per heavy atom. The lowest BCUT2D eigenvalue weighted by atomic mass is 9.87. The molecule has 0 spiro atoms. The fourth-order valence-electron chi connectivity index (χ4n) is 1.23. The molecule has 0 atom stereocenters. The van der Waals surface area contributed by atoms with Crippen LogP contribution in [0.2, 0.25) is 0 Å². The van der Waals surface area contributed by atoms with Gasteiger partial charge in [-0.05, 0) is 23.1 Å². The fourth-order valence-corrected chi connectivity index (χ4v) is 1.92. The van der Waals surface area contributed by atoms with Crippen LogP contribution in [0.25, 0.3) is 0 Å². The van der Waals surface area contributed by atoms with Crippen molar-refractivity contribution in [3.63, 3.8) is 0 Å². The highest BCUT2D eigenvalue weighted by atomic mass is 28.2. The van der Waals surface area contributed by atoms with Gasteiger partial charge in [0, 0.05) is 5.57 Å². The van der Waals surface area contributed by atoms with E-state index in [-0.39, 0.29) is 21.1 Å². The Balaban J connectivity index is 2.63. The predicted molar refractivity (Wildman–Crippen MR) is 71.4 cm³/mol. The summed E-state index contributed by atoms with van der Waals surface area (Å²) in [5.74, 6) is -0.330. The lowest BCUT2D eigenvalue weighted by molar-refractivity contribution is -0.129. The third-order valence-electron chi connectivity index (χ3n) is 2.36. The zero-order valence-electron chi connectivity index (χ0n) is 10.8. The zero-order valence-corrected chi connectivity index (χ0v) is 11.8. The molecule has 2 radical (unpaired) electrons. The summed E-state index contributed by atoms with van der Waals surface area (Å²) in [6.45, 7) is 11.7. The highest BCUT2D eigenvalue weighted by molar-refractivity contribution is 6.49. The largest absolute Gasteiger partial charge is 0.508 e. The van der Waals surface area contributed by atoms with E-state index >= 15 is 0 Å². The van der Waals surface area contributed by atoms with E-state index in [1.54, 1.807) is 6.92 Å².